The molecule has 3 nitrogen and oxygen atoms in total. The molecule has 0 amide bonds. The van der Waals surface area contributed by atoms with Crippen LogP contribution in [-0.2, 0) is 9.73 Å². The zero-order valence-corrected chi connectivity index (χ0v) is 9.61. The van der Waals surface area contributed by atoms with Gasteiger partial charge < -0.3 is 0 Å². The minimum atomic E-state index is -1.95. The molecule has 0 radical (unpaired) electrons. The minimum absolute atomic E-state index is 0.600. The number of hydrogen-bond donors (Lipinski definition) is 0. The summed E-state index contributed by atoms with van der Waals surface area (Å²) in [6.07, 6.45) is 1.02. The number of fused-ring (bicyclic) bond motifs is 1. The van der Waals surface area contributed by atoms with E-state index in [0.717, 1.165) is 28.8 Å². The maximum absolute atomic E-state index is 11.9. The van der Waals surface area contributed by atoms with E-state index in [-0.39, 0.29) is 0 Å². The lowest BCUT2D eigenvalue weighted by Gasteiger charge is -2.17. The van der Waals surface area contributed by atoms with Crippen LogP contribution in [0.15, 0.2) is 40.8 Å². The van der Waals surface area contributed by atoms with Gasteiger partial charge >= 0.3 is 0 Å². The van der Waals surface area contributed by atoms with E-state index in [1.807, 2.05) is 36.4 Å². The molecule has 0 unspecified atom stereocenters. The van der Waals surface area contributed by atoms with Gasteiger partial charge in [0.1, 0.15) is 0 Å². The second-order valence-corrected chi connectivity index (χ2v) is 6.53. The van der Waals surface area contributed by atoms with Gasteiger partial charge in [0, 0.05) is 16.9 Å². The average Bonchev–Trinajstić information content (AvgIpc) is 2.27. The number of aromatic nitrogens is 1. The molecule has 0 aliphatic carbocycles. The van der Waals surface area contributed by atoms with Crippen molar-refractivity contribution in [3.05, 3.63) is 36.4 Å². The van der Waals surface area contributed by atoms with E-state index in [1.165, 1.54) is 0 Å². The summed E-state index contributed by atoms with van der Waals surface area (Å²) in [5.41, 5.74) is 0.908. The standard InChI is InChI=1S/C12H12N2OS/c15-16(8-3-9-16)14-12-7-6-10-4-1-2-5-11(10)13-12/h1-2,4-7H,3,8-9H2. The van der Waals surface area contributed by atoms with Crippen LogP contribution in [0.4, 0.5) is 5.82 Å². The average molecular weight is 232 g/mol. The quantitative estimate of drug-likeness (QED) is 0.758. The van der Waals surface area contributed by atoms with E-state index in [1.54, 1.807) is 0 Å². The molecular weight excluding hydrogens is 220 g/mol. The summed E-state index contributed by atoms with van der Waals surface area (Å²) in [7, 11) is -1.95. The highest BCUT2D eigenvalue weighted by atomic mass is 32.2. The number of hydrogen-bond acceptors (Lipinski definition) is 3. The van der Waals surface area contributed by atoms with Crippen LogP contribution in [0.2, 0.25) is 0 Å². The molecule has 1 aromatic carbocycles. The topological polar surface area (TPSA) is 42.3 Å². The molecule has 16 heavy (non-hydrogen) atoms. The second kappa shape index (κ2) is 3.56. The summed E-state index contributed by atoms with van der Waals surface area (Å²) < 4.78 is 16.2. The highest BCUT2D eigenvalue weighted by Crippen LogP contribution is 2.22. The summed E-state index contributed by atoms with van der Waals surface area (Å²) in [6.45, 7) is 0. The Morgan fingerprint density at radius 3 is 2.69 bits per heavy atom. The molecule has 82 valence electrons. The van der Waals surface area contributed by atoms with Crippen molar-refractivity contribution in [3.8, 4) is 0 Å². The molecule has 2 aromatic rings. The maximum atomic E-state index is 11.9. The minimum Gasteiger partial charge on any atom is -0.249 e. The van der Waals surface area contributed by atoms with Crippen molar-refractivity contribution in [1.82, 2.24) is 4.98 Å². The van der Waals surface area contributed by atoms with Crippen LogP contribution in [0.1, 0.15) is 6.42 Å². The van der Waals surface area contributed by atoms with Crippen molar-refractivity contribution in [1.29, 1.82) is 0 Å². The molecule has 2 heterocycles. The summed E-state index contributed by atoms with van der Waals surface area (Å²) >= 11 is 0. The largest absolute Gasteiger partial charge is 0.249 e. The highest BCUT2D eigenvalue weighted by molar-refractivity contribution is 7.95. The van der Waals surface area contributed by atoms with E-state index in [0.29, 0.717) is 5.82 Å². The van der Waals surface area contributed by atoms with Crippen LogP contribution in [0, 0.1) is 0 Å². The predicted molar refractivity (Wildman–Crippen MR) is 66.3 cm³/mol. The van der Waals surface area contributed by atoms with Gasteiger partial charge in [0.05, 0.1) is 15.2 Å². The van der Waals surface area contributed by atoms with Crippen LogP contribution in [-0.4, -0.2) is 20.7 Å². The van der Waals surface area contributed by atoms with Gasteiger partial charge in [-0.05, 0) is 24.6 Å². The lowest BCUT2D eigenvalue weighted by molar-refractivity contribution is 0.663. The number of benzene rings is 1. The first-order chi connectivity index (χ1) is 7.75. The summed E-state index contributed by atoms with van der Waals surface area (Å²) in [5, 5.41) is 1.09. The van der Waals surface area contributed by atoms with Crippen LogP contribution in [0.3, 0.4) is 0 Å². The third-order valence-corrected chi connectivity index (χ3v) is 5.14. The number of para-hydroxylation sites is 1. The van der Waals surface area contributed by atoms with Crippen molar-refractivity contribution < 1.29 is 4.21 Å². The molecule has 3 rings (SSSR count). The SMILES string of the molecule is O=S1(=Nc2ccc3ccccc3n2)CCC1. The van der Waals surface area contributed by atoms with Gasteiger partial charge in [-0.2, -0.15) is 4.36 Å². The molecule has 1 aliphatic rings. The molecule has 1 aromatic heterocycles. The van der Waals surface area contributed by atoms with Gasteiger partial charge in [-0.15, -0.1) is 0 Å². The van der Waals surface area contributed by atoms with Crippen molar-refractivity contribution in [2.24, 2.45) is 4.36 Å². The third kappa shape index (κ3) is 1.69. The molecule has 1 saturated heterocycles. The first-order valence-corrected chi connectivity index (χ1v) is 7.19. The van der Waals surface area contributed by atoms with E-state index < -0.39 is 9.73 Å². The van der Waals surface area contributed by atoms with Crippen LogP contribution >= 0.6 is 0 Å². The zero-order valence-electron chi connectivity index (χ0n) is 8.80. The molecule has 1 fully saturated rings. The molecule has 0 bridgehead atoms. The summed E-state index contributed by atoms with van der Waals surface area (Å²) in [5.74, 6) is 2.05. The Hall–Kier alpha value is -1.42. The van der Waals surface area contributed by atoms with Crippen LogP contribution < -0.4 is 0 Å². The molecule has 1 aliphatic heterocycles. The molecule has 4 heteroatoms. The van der Waals surface area contributed by atoms with Crippen molar-refractivity contribution in [2.75, 3.05) is 11.5 Å². The van der Waals surface area contributed by atoms with E-state index >= 15 is 0 Å². The van der Waals surface area contributed by atoms with Gasteiger partial charge in [-0.3, -0.25) is 0 Å². The first kappa shape index (κ1) is 9.78. The zero-order chi connectivity index (χ0) is 11.0. The molecule has 0 saturated carbocycles. The van der Waals surface area contributed by atoms with Gasteiger partial charge in [0.25, 0.3) is 0 Å². The van der Waals surface area contributed by atoms with Crippen molar-refractivity contribution in [3.63, 3.8) is 0 Å². The second-order valence-electron chi connectivity index (χ2n) is 3.99. The molecule has 0 atom stereocenters. The van der Waals surface area contributed by atoms with Crippen LogP contribution in [0.5, 0.6) is 0 Å². The van der Waals surface area contributed by atoms with Gasteiger partial charge in [0.2, 0.25) is 0 Å². The van der Waals surface area contributed by atoms with Gasteiger partial charge in [-0.1, -0.05) is 18.2 Å². The smallest absolute Gasteiger partial charge is 0.162 e. The van der Waals surface area contributed by atoms with Crippen molar-refractivity contribution >= 4 is 26.4 Å². The highest BCUT2D eigenvalue weighted by Gasteiger charge is 2.19. The van der Waals surface area contributed by atoms with Gasteiger partial charge in [-0.25, -0.2) is 9.19 Å². The monoisotopic (exact) mass is 232 g/mol. The number of nitrogens with zero attached hydrogens (tertiary/aromatic N) is 2. The fourth-order valence-electron chi connectivity index (χ4n) is 1.76. The normalized spacial score (nSPS) is 18.0. The maximum Gasteiger partial charge on any atom is 0.162 e. The summed E-state index contributed by atoms with van der Waals surface area (Å²) in [6, 6.07) is 11.7. The third-order valence-electron chi connectivity index (χ3n) is 2.77. The Bertz CT molecular complexity index is 647. The Morgan fingerprint density at radius 1 is 1.12 bits per heavy atom. The van der Waals surface area contributed by atoms with E-state index in [9.17, 15) is 4.21 Å². The van der Waals surface area contributed by atoms with Gasteiger partial charge in [0.15, 0.2) is 5.82 Å². The Kier molecular flexibility index (Phi) is 2.17. The van der Waals surface area contributed by atoms with E-state index in [2.05, 4.69) is 9.35 Å². The van der Waals surface area contributed by atoms with E-state index in [4.69, 9.17) is 0 Å². The molecular formula is C12H12N2OS. The fourth-order valence-corrected chi connectivity index (χ4v) is 3.17. The lowest BCUT2D eigenvalue weighted by atomic mass is 10.2. The Morgan fingerprint density at radius 2 is 1.94 bits per heavy atom. The van der Waals surface area contributed by atoms with Crippen molar-refractivity contribution in [2.45, 2.75) is 6.42 Å². The molecule has 0 spiro atoms. The molecule has 0 N–H and O–H groups in total. The Labute approximate surface area is 94.7 Å². The first-order valence-electron chi connectivity index (χ1n) is 5.34. The number of pyridine rings is 1. The Balaban J connectivity index is 2.12. The predicted octanol–water partition coefficient (Wildman–Crippen LogP) is 2.74. The summed E-state index contributed by atoms with van der Waals surface area (Å²) in [4.78, 5) is 4.40. The fraction of sp³-hybridized carbons (Fsp3) is 0.250. The van der Waals surface area contributed by atoms with Crippen LogP contribution in [0.25, 0.3) is 10.9 Å². The lowest BCUT2D eigenvalue weighted by Crippen LogP contribution is -2.23. The number of rotatable bonds is 1.